The van der Waals surface area contributed by atoms with Gasteiger partial charge in [-0.2, -0.15) is 18.4 Å². The van der Waals surface area contributed by atoms with Gasteiger partial charge in [-0.15, -0.1) is 0 Å². The van der Waals surface area contributed by atoms with Gasteiger partial charge in [0.05, 0.1) is 64.4 Å². The van der Waals surface area contributed by atoms with E-state index in [1.54, 1.807) is 13.8 Å². The third-order valence-electron chi connectivity index (χ3n) is 6.45. The Balaban J connectivity index is 1.78. The second-order valence-corrected chi connectivity index (χ2v) is 8.30. The van der Waals surface area contributed by atoms with Gasteiger partial charge in [-0.05, 0) is 38.5 Å². The van der Waals surface area contributed by atoms with Gasteiger partial charge in [0, 0.05) is 5.92 Å². The molecular weight excluding hydrogens is 413 g/mol. The molecule has 154 valence electrons. The lowest BCUT2D eigenvalue weighted by atomic mass is 9.64. The molecule has 2 bridgehead atoms. The van der Waals surface area contributed by atoms with Gasteiger partial charge in [0.15, 0.2) is 0 Å². The van der Waals surface area contributed by atoms with Crippen LogP contribution in [0.25, 0.3) is 0 Å². The average molecular weight is 429 g/mol. The standard InChI is InChI=1S/C19H16ClF3N2O4/c1-17-6-10(8-28-20)18(2,29-17)14-13(17)15(26)25(16(14)27)11-4-3-9(7-24)12(5-11)19(21,22)23/h3-5,10,13-14H,6,8H2,1-2H3/t10-,13+,14-,17?,18?/m0/s1. The molecule has 2 amide bonds. The van der Waals surface area contributed by atoms with Crippen molar-refractivity contribution < 1.29 is 31.8 Å². The molecule has 3 aliphatic rings. The second kappa shape index (κ2) is 6.17. The van der Waals surface area contributed by atoms with Crippen LogP contribution in [0, 0.1) is 29.1 Å². The molecule has 5 atom stereocenters. The number of fused-ring (bicyclic) bond motifs is 5. The van der Waals surface area contributed by atoms with Crippen LogP contribution in [0.15, 0.2) is 18.2 Å². The summed E-state index contributed by atoms with van der Waals surface area (Å²) in [4.78, 5) is 27.1. The van der Waals surface area contributed by atoms with Crippen molar-refractivity contribution >= 4 is 29.4 Å². The summed E-state index contributed by atoms with van der Waals surface area (Å²) in [6, 6.07) is 4.29. The van der Waals surface area contributed by atoms with E-state index in [0.717, 1.165) is 11.0 Å². The number of carbonyl (C=O) groups is 2. The first-order valence-corrected chi connectivity index (χ1v) is 9.21. The maximum atomic E-state index is 13.3. The van der Waals surface area contributed by atoms with Crippen LogP contribution in [0.4, 0.5) is 18.9 Å². The van der Waals surface area contributed by atoms with Gasteiger partial charge in [-0.1, -0.05) is 0 Å². The van der Waals surface area contributed by atoms with E-state index < -0.39 is 52.2 Å². The number of alkyl halides is 3. The predicted molar refractivity (Wildman–Crippen MR) is 93.4 cm³/mol. The predicted octanol–water partition coefficient (Wildman–Crippen LogP) is 3.42. The number of hydrogen-bond donors (Lipinski definition) is 0. The molecule has 3 saturated heterocycles. The molecule has 4 rings (SSSR count). The van der Waals surface area contributed by atoms with E-state index in [4.69, 9.17) is 26.2 Å². The van der Waals surface area contributed by atoms with Crippen molar-refractivity contribution in [1.29, 1.82) is 5.26 Å². The Bertz CT molecular complexity index is 962. The molecule has 1 aromatic rings. The van der Waals surface area contributed by atoms with Crippen molar-refractivity contribution in [3.63, 3.8) is 0 Å². The lowest BCUT2D eigenvalue weighted by Crippen LogP contribution is -2.47. The molecule has 29 heavy (non-hydrogen) atoms. The number of hydrogen-bond acceptors (Lipinski definition) is 5. The van der Waals surface area contributed by atoms with Crippen molar-refractivity contribution in [1.82, 2.24) is 0 Å². The van der Waals surface area contributed by atoms with Crippen LogP contribution in [0.1, 0.15) is 31.4 Å². The fourth-order valence-corrected chi connectivity index (χ4v) is 5.40. The van der Waals surface area contributed by atoms with E-state index in [9.17, 15) is 22.8 Å². The Morgan fingerprint density at radius 2 is 1.97 bits per heavy atom. The molecule has 3 fully saturated rings. The number of amides is 2. The van der Waals surface area contributed by atoms with Crippen molar-refractivity contribution in [2.45, 2.75) is 37.6 Å². The van der Waals surface area contributed by atoms with Crippen LogP contribution in [0.3, 0.4) is 0 Å². The Kier molecular flexibility index (Phi) is 4.29. The summed E-state index contributed by atoms with van der Waals surface area (Å²) in [5.74, 6) is -3.13. The Morgan fingerprint density at radius 1 is 1.31 bits per heavy atom. The third kappa shape index (κ3) is 2.62. The lowest BCUT2D eigenvalue weighted by Gasteiger charge is -2.34. The molecule has 0 aromatic heterocycles. The van der Waals surface area contributed by atoms with Crippen LogP contribution in [-0.4, -0.2) is 29.6 Å². The summed E-state index contributed by atoms with van der Waals surface area (Å²) in [5.41, 5.74) is -3.95. The number of ether oxygens (including phenoxy) is 1. The van der Waals surface area contributed by atoms with Crippen LogP contribution in [0.5, 0.6) is 0 Å². The molecule has 0 N–H and O–H groups in total. The fourth-order valence-electron chi connectivity index (χ4n) is 5.25. The SMILES string of the molecule is CC12C[C@@H](COCl)C(C)(O1)[C@@H]1C(=O)N(c3ccc(C#N)c(C(F)(F)F)c3)C(=O)[C@@H]12. The maximum absolute atomic E-state index is 13.3. The molecule has 0 aliphatic carbocycles. The summed E-state index contributed by atoms with van der Waals surface area (Å²) < 4.78 is 50.8. The number of imide groups is 1. The van der Waals surface area contributed by atoms with Crippen molar-refractivity contribution in [3.8, 4) is 6.07 Å². The Hall–Kier alpha value is -2.15. The minimum atomic E-state index is -4.80. The molecule has 3 heterocycles. The van der Waals surface area contributed by atoms with Crippen molar-refractivity contribution in [3.05, 3.63) is 29.3 Å². The first-order chi connectivity index (χ1) is 13.5. The zero-order chi connectivity index (χ0) is 21.4. The fraction of sp³-hybridized carbons (Fsp3) is 0.526. The zero-order valence-electron chi connectivity index (χ0n) is 15.4. The molecule has 0 spiro atoms. The molecule has 0 saturated carbocycles. The van der Waals surface area contributed by atoms with E-state index >= 15 is 0 Å². The van der Waals surface area contributed by atoms with Gasteiger partial charge in [-0.3, -0.25) is 13.9 Å². The highest BCUT2D eigenvalue weighted by Crippen LogP contribution is 2.63. The van der Waals surface area contributed by atoms with E-state index in [2.05, 4.69) is 0 Å². The second-order valence-electron chi connectivity index (χ2n) is 8.08. The minimum Gasteiger partial charge on any atom is -0.367 e. The summed E-state index contributed by atoms with van der Waals surface area (Å²) in [6.45, 7) is 3.55. The van der Waals surface area contributed by atoms with E-state index in [1.165, 1.54) is 12.1 Å². The third-order valence-corrected chi connectivity index (χ3v) is 6.57. The van der Waals surface area contributed by atoms with E-state index in [0.29, 0.717) is 12.5 Å². The quantitative estimate of drug-likeness (QED) is 0.689. The average Bonchev–Trinajstić information content (AvgIpc) is 3.15. The monoisotopic (exact) mass is 428 g/mol. The van der Waals surface area contributed by atoms with Gasteiger partial charge in [0.2, 0.25) is 11.8 Å². The highest BCUT2D eigenvalue weighted by molar-refractivity contribution is 6.23. The maximum Gasteiger partial charge on any atom is 0.417 e. The van der Waals surface area contributed by atoms with Crippen molar-refractivity contribution in [2.24, 2.45) is 17.8 Å². The molecule has 1 aromatic carbocycles. The van der Waals surface area contributed by atoms with Gasteiger partial charge < -0.3 is 4.74 Å². The van der Waals surface area contributed by atoms with Crippen LogP contribution >= 0.6 is 11.9 Å². The summed E-state index contributed by atoms with van der Waals surface area (Å²) in [5, 5.41) is 8.96. The summed E-state index contributed by atoms with van der Waals surface area (Å²) >= 11 is 5.40. The van der Waals surface area contributed by atoms with Crippen LogP contribution in [-0.2, 0) is 24.8 Å². The minimum absolute atomic E-state index is 0.118. The molecule has 3 aliphatic heterocycles. The first-order valence-electron chi connectivity index (χ1n) is 8.91. The lowest BCUT2D eigenvalue weighted by molar-refractivity contribution is -0.138. The zero-order valence-corrected chi connectivity index (χ0v) is 16.2. The smallest absolute Gasteiger partial charge is 0.367 e. The highest BCUT2D eigenvalue weighted by Gasteiger charge is 2.75. The molecular formula is C19H16ClF3N2O4. The molecule has 10 heteroatoms. The summed E-state index contributed by atoms with van der Waals surface area (Å²) in [6.07, 6.45) is -4.36. The normalized spacial score (nSPS) is 35.9. The van der Waals surface area contributed by atoms with E-state index in [1.807, 2.05) is 0 Å². The number of benzene rings is 1. The van der Waals surface area contributed by atoms with Gasteiger partial charge in [0.25, 0.3) is 0 Å². The number of rotatable bonds is 3. The number of anilines is 1. The van der Waals surface area contributed by atoms with Gasteiger partial charge in [-0.25, -0.2) is 4.90 Å². The van der Waals surface area contributed by atoms with Crippen LogP contribution < -0.4 is 4.90 Å². The van der Waals surface area contributed by atoms with Crippen molar-refractivity contribution in [2.75, 3.05) is 11.5 Å². The number of nitriles is 1. The molecule has 6 nitrogen and oxygen atoms in total. The van der Waals surface area contributed by atoms with Gasteiger partial charge >= 0.3 is 6.18 Å². The number of carbonyl (C=O) groups excluding carboxylic acids is 2. The van der Waals surface area contributed by atoms with E-state index in [-0.39, 0.29) is 18.2 Å². The van der Waals surface area contributed by atoms with Gasteiger partial charge in [0.1, 0.15) is 0 Å². The first kappa shape index (κ1) is 20.1. The largest absolute Gasteiger partial charge is 0.417 e. The number of nitrogens with zero attached hydrogens (tertiary/aromatic N) is 2. The van der Waals surface area contributed by atoms with Crippen LogP contribution in [0.2, 0.25) is 0 Å². The topological polar surface area (TPSA) is 79.6 Å². The molecule has 2 unspecified atom stereocenters. The Morgan fingerprint density at radius 3 is 2.55 bits per heavy atom. The highest BCUT2D eigenvalue weighted by atomic mass is 35.5. The summed E-state index contributed by atoms with van der Waals surface area (Å²) in [7, 11) is 0. The number of halogens is 4. The Labute approximate surface area is 169 Å². The molecule has 0 radical (unpaired) electrons.